The number of hydrogen-bond donors (Lipinski definition) is 0. The van der Waals surface area contributed by atoms with Crippen LogP contribution in [-0.4, -0.2) is 63.1 Å². The van der Waals surface area contributed by atoms with Crippen molar-refractivity contribution in [3.8, 4) is 11.3 Å². The second kappa shape index (κ2) is 22.8. The molecule has 0 fully saturated rings. The summed E-state index contributed by atoms with van der Waals surface area (Å²) in [7, 11) is -7.83. The molecule has 7 aromatic rings. The van der Waals surface area contributed by atoms with Gasteiger partial charge in [-0.25, -0.2) is 25.6 Å². The topological polar surface area (TPSA) is 137 Å². The maximum Gasteiger partial charge on any atom is 1.00 e. The number of thiazole rings is 1. The van der Waals surface area contributed by atoms with E-state index < -0.39 is 31.9 Å². The van der Waals surface area contributed by atoms with E-state index in [1.807, 2.05) is 12.1 Å². The Morgan fingerprint density at radius 2 is 0.897 bits per heavy atom. The molecular formula is C53H58F2N4O6S3. The summed E-state index contributed by atoms with van der Waals surface area (Å²) in [5.74, 6) is -0.450. The van der Waals surface area contributed by atoms with Gasteiger partial charge in [-0.1, -0.05) is 72.0 Å². The first-order chi connectivity index (χ1) is 32.1. The zero-order valence-electron chi connectivity index (χ0n) is 41.0. The summed E-state index contributed by atoms with van der Waals surface area (Å²) in [6, 6.07) is 42.1. The van der Waals surface area contributed by atoms with Gasteiger partial charge in [0.25, 0.3) is 0 Å². The zero-order chi connectivity index (χ0) is 50.1. The highest BCUT2D eigenvalue weighted by Crippen LogP contribution is 2.47. The highest BCUT2D eigenvalue weighted by atomic mass is 32.2. The van der Waals surface area contributed by atoms with Crippen LogP contribution in [0, 0.1) is 52.2 Å². The maximum absolute atomic E-state index is 16.0. The number of rotatable bonds is 13. The van der Waals surface area contributed by atoms with Crippen molar-refractivity contribution in [2.24, 2.45) is 0 Å². The van der Waals surface area contributed by atoms with Gasteiger partial charge in [-0.15, -0.1) is 0 Å². The molecule has 0 aliphatic carbocycles. The van der Waals surface area contributed by atoms with E-state index in [9.17, 15) is 0 Å². The minimum Gasteiger partial charge on any atom is -0.748 e. The fourth-order valence-corrected chi connectivity index (χ4v) is 9.45. The minimum atomic E-state index is -3.92. The van der Waals surface area contributed by atoms with Gasteiger partial charge in [-0.3, -0.25) is 0 Å². The SMILES string of the molecule is CCN(c1nc(-c2c(F)cccc2F)c([C+](c2ccc(N(CC)c3c(C)cccc3C)cc2)c2ccc(N(CC)c3c(C)cccc3C)cc2)s1)c1ccccc1C.CS(=O)(=O)[O-].CS(=O)(=O)[O-].[H+]. The third-order valence-electron chi connectivity index (χ3n) is 11.0. The molecule has 358 valence electrons. The van der Waals surface area contributed by atoms with Crippen LogP contribution in [0.3, 0.4) is 0 Å². The van der Waals surface area contributed by atoms with Crippen LogP contribution in [0.2, 0.25) is 0 Å². The lowest BCUT2D eigenvalue weighted by atomic mass is 9.87. The van der Waals surface area contributed by atoms with Crippen LogP contribution in [0.1, 0.15) is 66.0 Å². The lowest BCUT2D eigenvalue weighted by Gasteiger charge is -2.27. The first-order valence-corrected chi connectivity index (χ1v) is 26.4. The predicted octanol–water partition coefficient (Wildman–Crippen LogP) is 12.6. The largest absolute Gasteiger partial charge is 1.00 e. The van der Waals surface area contributed by atoms with Crippen LogP contribution < -0.4 is 14.7 Å². The average Bonchev–Trinajstić information content (AvgIpc) is 3.67. The Kier molecular flexibility index (Phi) is 17.7. The molecule has 0 aliphatic rings. The fourth-order valence-electron chi connectivity index (χ4n) is 8.21. The van der Waals surface area contributed by atoms with Gasteiger partial charge in [0.2, 0.25) is 0 Å². The number of halogens is 2. The second-order valence-electron chi connectivity index (χ2n) is 16.1. The molecule has 6 aromatic carbocycles. The Labute approximate surface area is 406 Å². The molecule has 15 heteroatoms. The van der Waals surface area contributed by atoms with E-state index >= 15 is 8.78 Å². The number of hydrogen-bond acceptors (Lipinski definition) is 11. The van der Waals surface area contributed by atoms with Gasteiger partial charge in [0.05, 0.1) is 48.7 Å². The lowest BCUT2D eigenvalue weighted by molar-refractivity contribution is 0.468. The number of aromatic nitrogens is 1. The second-order valence-corrected chi connectivity index (χ2v) is 19.9. The van der Waals surface area contributed by atoms with E-state index in [1.54, 1.807) is 0 Å². The number of para-hydroxylation sites is 3. The van der Waals surface area contributed by atoms with Crippen molar-refractivity contribution in [1.29, 1.82) is 0 Å². The standard InChI is InChI=1S/C51H51F2N4S.2CH4O3S/c1-9-55(48-34(5)18-14-19-35(48)6)40-29-25-38(26-30-40)45(39-27-31-41(32-28-39)56(10-2)49-36(7)20-15-21-37(49)8)50-47(46-42(52)22-16-23-43(46)53)54-51(58-50)57(11-3)44-24-13-12-17-33(44)4;2*1-5(2,3)4/h12-32H,9-11H2,1-8H3;2*1H3,(H,2,3,4)/q+1;;/p-1. The number of aryl methyl sites for hydroxylation is 5. The average molecular weight is 981 g/mol. The summed E-state index contributed by atoms with van der Waals surface area (Å²) in [4.78, 5) is 12.6. The van der Waals surface area contributed by atoms with E-state index in [1.165, 1.54) is 63.2 Å². The van der Waals surface area contributed by atoms with E-state index in [0.717, 1.165) is 52.8 Å². The van der Waals surface area contributed by atoms with Gasteiger partial charge in [0.1, 0.15) is 27.8 Å². The Morgan fingerprint density at radius 1 is 0.544 bits per heavy atom. The van der Waals surface area contributed by atoms with E-state index in [-0.39, 0.29) is 12.7 Å². The third kappa shape index (κ3) is 13.3. The van der Waals surface area contributed by atoms with Gasteiger partial charge in [0, 0.05) is 49.2 Å². The van der Waals surface area contributed by atoms with Crippen LogP contribution in [0.5, 0.6) is 0 Å². The molecule has 0 bridgehead atoms. The monoisotopic (exact) mass is 980 g/mol. The van der Waals surface area contributed by atoms with Gasteiger partial charge < -0.3 is 23.8 Å². The molecule has 7 rings (SSSR count). The van der Waals surface area contributed by atoms with Crippen LogP contribution in [0.25, 0.3) is 11.3 Å². The summed E-state index contributed by atoms with van der Waals surface area (Å²) < 4.78 is 86.4. The van der Waals surface area contributed by atoms with Crippen molar-refractivity contribution in [3.05, 3.63) is 189 Å². The molecule has 1 aromatic heterocycles. The van der Waals surface area contributed by atoms with Crippen molar-refractivity contribution in [3.63, 3.8) is 0 Å². The lowest BCUT2D eigenvalue weighted by Crippen LogP contribution is -2.18. The Bertz CT molecular complexity index is 2850. The minimum absolute atomic E-state index is 0. The van der Waals surface area contributed by atoms with E-state index in [4.69, 9.17) is 30.9 Å². The molecule has 0 N–H and O–H groups in total. The van der Waals surface area contributed by atoms with Gasteiger partial charge in [0.15, 0.2) is 5.13 Å². The van der Waals surface area contributed by atoms with E-state index in [2.05, 4.69) is 167 Å². The molecule has 1 heterocycles. The van der Waals surface area contributed by atoms with Crippen LogP contribution in [0.4, 0.5) is 42.3 Å². The molecule has 10 nitrogen and oxygen atoms in total. The summed E-state index contributed by atoms with van der Waals surface area (Å²) in [6.07, 6.45) is 1.21. The Hall–Kier alpha value is -6.10. The van der Waals surface area contributed by atoms with Crippen molar-refractivity contribution >= 4 is 65.1 Å². The third-order valence-corrected chi connectivity index (χ3v) is 12.1. The molecule has 68 heavy (non-hydrogen) atoms. The quantitative estimate of drug-likeness (QED) is 0.0811. The van der Waals surface area contributed by atoms with Gasteiger partial charge in [-0.05, 0) is 150 Å². The number of benzene rings is 6. The molecule has 0 aliphatic heterocycles. The maximum atomic E-state index is 16.0. The molecule has 0 amide bonds. The fraction of sp³-hybridized carbons (Fsp3) is 0.245. The van der Waals surface area contributed by atoms with Gasteiger partial charge in [-0.2, -0.15) is 4.98 Å². The smallest absolute Gasteiger partial charge is 0.748 e. The highest BCUT2D eigenvalue weighted by Gasteiger charge is 2.35. The molecule has 0 saturated carbocycles. The normalized spacial score (nSPS) is 11.2. The van der Waals surface area contributed by atoms with Crippen molar-refractivity contribution in [1.82, 2.24) is 4.98 Å². The van der Waals surface area contributed by atoms with Crippen molar-refractivity contribution in [2.45, 2.75) is 55.4 Å². The molecule has 0 spiro atoms. The van der Waals surface area contributed by atoms with Crippen LogP contribution in [0.15, 0.2) is 127 Å². The molecule has 0 unspecified atom stereocenters. The van der Waals surface area contributed by atoms with Crippen LogP contribution >= 0.6 is 11.3 Å². The molecule has 0 radical (unpaired) electrons. The Morgan fingerprint density at radius 3 is 1.26 bits per heavy atom. The van der Waals surface area contributed by atoms with Crippen molar-refractivity contribution < 1.29 is 36.1 Å². The summed E-state index contributed by atoms with van der Waals surface area (Å²) in [6.45, 7) is 19.3. The van der Waals surface area contributed by atoms with Crippen molar-refractivity contribution in [2.75, 3.05) is 46.8 Å². The summed E-state index contributed by atoms with van der Waals surface area (Å²) in [5.41, 5.74) is 13.4. The summed E-state index contributed by atoms with van der Waals surface area (Å²) in [5, 5.41) is 0.662. The first kappa shape index (κ1) is 52.9. The molecule has 0 saturated heterocycles. The Balaban J connectivity index is 0.000000856. The molecular weight excluding hydrogens is 923 g/mol. The summed E-state index contributed by atoms with van der Waals surface area (Å²) >= 11 is 1.46. The predicted molar refractivity (Wildman–Crippen MR) is 274 cm³/mol. The highest BCUT2D eigenvalue weighted by molar-refractivity contribution is 7.85. The molecule has 0 atom stereocenters. The van der Waals surface area contributed by atoms with E-state index in [0.29, 0.717) is 29.1 Å². The van der Waals surface area contributed by atoms with Gasteiger partial charge >= 0.3 is 1.43 Å². The first-order valence-electron chi connectivity index (χ1n) is 21.9. The number of anilines is 6. The van der Waals surface area contributed by atoms with Crippen LogP contribution in [-0.2, 0) is 20.2 Å². The zero-order valence-corrected chi connectivity index (χ0v) is 42.4. The number of nitrogens with zero attached hydrogens (tertiary/aromatic N) is 4.